The summed E-state index contributed by atoms with van der Waals surface area (Å²) >= 11 is 5.82. The second kappa shape index (κ2) is 8.18. The highest BCUT2D eigenvalue weighted by atomic mass is 35.5. The second-order valence-corrected chi connectivity index (χ2v) is 6.80. The molecule has 4 rings (SSSR count). The third-order valence-corrected chi connectivity index (χ3v) is 4.67. The Morgan fingerprint density at radius 1 is 0.767 bits per heavy atom. The first-order chi connectivity index (χ1) is 14.5. The molecule has 0 aliphatic heterocycles. The SMILES string of the molecule is O=C(NNC(=O)c1nn(-c2ccccc2)c(=O)c2ccccc12)c1ccc(Cl)cc1. The topological polar surface area (TPSA) is 93.1 Å². The van der Waals surface area contributed by atoms with Crippen LogP contribution in [0.15, 0.2) is 83.7 Å². The molecule has 2 N–H and O–H groups in total. The zero-order chi connectivity index (χ0) is 21.1. The van der Waals surface area contributed by atoms with E-state index in [9.17, 15) is 14.4 Å². The van der Waals surface area contributed by atoms with Gasteiger partial charge in [0.05, 0.1) is 11.1 Å². The number of hydrazine groups is 1. The Morgan fingerprint density at radius 2 is 1.37 bits per heavy atom. The van der Waals surface area contributed by atoms with Gasteiger partial charge < -0.3 is 0 Å². The Kier molecular flexibility index (Phi) is 5.28. The third kappa shape index (κ3) is 3.78. The number of rotatable bonds is 3. The van der Waals surface area contributed by atoms with Crippen LogP contribution in [-0.2, 0) is 0 Å². The molecule has 148 valence electrons. The van der Waals surface area contributed by atoms with Crippen LogP contribution in [0.1, 0.15) is 20.8 Å². The molecule has 0 spiro atoms. The van der Waals surface area contributed by atoms with Gasteiger partial charge in [0.2, 0.25) is 0 Å². The maximum Gasteiger partial charge on any atom is 0.290 e. The van der Waals surface area contributed by atoms with E-state index in [1.807, 2.05) is 6.07 Å². The molecular weight excluding hydrogens is 404 g/mol. The van der Waals surface area contributed by atoms with E-state index in [0.717, 1.165) is 4.68 Å². The average Bonchev–Trinajstić information content (AvgIpc) is 2.79. The minimum atomic E-state index is -0.654. The first-order valence-electron chi connectivity index (χ1n) is 8.98. The van der Waals surface area contributed by atoms with Gasteiger partial charge in [-0.25, -0.2) is 0 Å². The molecule has 4 aromatic rings. The number of amides is 2. The van der Waals surface area contributed by atoms with Crippen LogP contribution < -0.4 is 16.4 Å². The number of benzene rings is 3. The number of hydrogen-bond acceptors (Lipinski definition) is 4. The van der Waals surface area contributed by atoms with Crippen LogP contribution in [0.4, 0.5) is 0 Å². The number of halogens is 1. The van der Waals surface area contributed by atoms with Gasteiger partial charge in [0.1, 0.15) is 0 Å². The van der Waals surface area contributed by atoms with Crippen LogP contribution in [0.3, 0.4) is 0 Å². The molecule has 0 atom stereocenters. The Balaban J connectivity index is 1.68. The van der Waals surface area contributed by atoms with Crippen molar-refractivity contribution in [2.45, 2.75) is 0 Å². The first-order valence-corrected chi connectivity index (χ1v) is 9.36. The lowest BCUT2D eigenvalue weighted by Gasteiger charge is -2.12. The lowest BCUT2D eigenvalue weighted by atomic mass is 10.1. The quantitative estimate of drug-likeness (QED) is 0.500. The van der Waals surface area contributed by atoms with Crippen molar-refractivity contribution in [1.82, 2.24) is 20.6 Å². The zero-order valence-corrected chi connectivity index (χ0v) is 16.3. The number of nitrogens with zero attached hydrogens (tertiary/aromatic N) is 2. The molecule has 8 heteroatoms. The summed E-state index contributed by atoms with van der Waals surface area (Å²) in [6.07, 6.45) is 0. The summed E-state index contributed by atoms with van der Waals surface area (Å²) in [5.41, 5.74) is 5.20. The van der Waals surface area contributed by atoms with Crippen molar-refractivity contribution < 1.29 is 9.59 Å². The number of fused-ring (bicyclic) bond motifs is 1. The summed E-state index contributed by atoms with van der Waals surface area (Å²) < 4.78 is 1.16. The third-order valence-electron chi connectivity index (χ3n) is 4.42. The summed E-state index contributed by atoms with van der Waals surface area (Å²) in [7, 11) is 0. The van der Waals surface area contributed by atoms with E-state index in [-0.39, 0.29) is 11.3 Å². The number of para-hydroxylation sites is 1. The van der Waals surface area contributed by atoms with Crippen molar-refractivity contribution in [2.75, 3.05) is 0 Å². The summed E-state index contributed by atoms with van der Waals surface area (Å²) in [5, 5.41) is 5.47. The molecule has 0 unspecified atom stereocenters. The van der Waals surface area contributed by atoms with Gasteiger partial charge in [0.25, 0.3) is 17.4 Å². The summed E-state index contributed by atoms with van der Waals surface area (Å²) in [4.78, 5) is 37.9. The van der Waals surface area contributed by atoms with Crippen molar-refractivity contribution in [3.8, 4) is 5.69 Å². The highest BCUT2D eigenvalue weighted by Crippen LogP contribution is 2.15. The van der Waals surface area contributed by atoms with Crippen LogP contribution in [0.25, 0.3) is 16.5 Å². The lowest BCUT2D eigenvalue weighted by molar-refractivity contribution is 0.0844. The summed E-state index contributed by atoms with van der Waals surface area (Å²) in [5.74, 6) is -1.17. The van der Waals surface area contributed by atoms with E-state index >= 15 is 0 Å². The summed E-state index contributed by atoms with van der Waals surface area (Å²) in [6, 6.07) is 21.7. The lowest BCUT2D eigenvalue weighted by Crippen LogP contribution is -2.42. The van der Waals surface area contributed by atoms with Gasteiger partial charge in [-0.15, -0.1) is 0 Å². The molecule has 7 nitrogen and oxygen atoms in total. The zero-order valence-electron chi connectivity index (χ0n) is 15.5. The maximum atomic E-state index is 12.9. The van der Waals surface area contributed by atoms with E-state index in [4.69, 9.17) is 11.6 Å². The van der Waals surface area contributed by atoms with E-state index < -0.39 is 11.8 Å². The monoisotopic (exact) mass is 418 g/mol. The molecule has 0 saturated carbocycles. The van der Waals surface area contributed by atoms with Crippen LogP contribution in [0.2, 0.25) is 5.02 Å². The molecule has 2 amide bonds. The Labute approximate surface area is 175 Å². The number of carbonyl (C=O) groups excluding carboxylic acids is 2. The Hall–Kier alpha value is -3.97. The number of aromatic nitrogens is 2. The van der Waals surface area contributed by atoms with Gasteiger partial charge in [-0.1, -0.05) is 48.0 Å². The predicted octanol–water partition coefficient (Wildman–Crippen LogP) is 3.11. The van der Waals surface area contributed by atoms with Gasteiger partial charge >= 0.3 is 0 Å². The van der Waals surface area contributed by atoms with Crippen molar-refractivity contribution in [2.24, 2.45) is 0 Å². The minimum Gasteiger partial charge on any atom is -0.267 e. The molecule has 1 aromatic heterocycles. The highest BCUT2D eigenvalue weighted by Gasteiger charge is 2.18. The van der Waals surface area contributed by atoms with E-state index in [0.29, 0.717) is 27.0 Å². The van der Waals surface area contributed by atoms with Gasteiger partial charge in [0.15, 0.2) is 5.69 Å². The normalized spacial score (nSPS) is 10.6. The second-order valence-electron chi connectivity index (χ2n) is 6.36. The molecule has 3 aromatic carbocycles. The highest BCUT2D eigenvalue weighted by molar-refractivity contribution is 6.30. The van der Waals surface area contributed by atoms with E-state index in [1.165, 1.54) is 12.1 Å². The molecule has 0 aliphatic rings. The molecule has 0 bridgehead atoms. The van der Waals surface area contributed by atoms with Crippen molar-refractivity contribution in [3.63, 3.8) is 0 Å². The van der Waals surface area contributed by atoms with Crippen molar-refractivity contribution >= 4 is 34.2 Å². The molecular formula is C22H15ClN4O3. The van der Waals surface area contributed by atoms with Crippen molar-refractivity contribution in [3.05, 3.63) is 105 Å². The molecule has 0 saturated heterocycles. The van der Waals surface area contributed by atoms with Gasteiger partial charge in [-0.3, -0.25) is 25.2 Å². The van der Waals surface area contributed by atoms with E-state index in [2.05, 4.69) is 16.0 Å². The fourth-order valence-corrected chi connectivity index (χ4v) is 3.07. The smallest absolute Gasteiger partial charge is 0.267 e. The molecule has 30 heavy (non-hydrogen) atoms. The molecule has 0 radical (unpaired) electrons. The standard InChI is InChI=1S/C22H15ClN4O3/c23-15-12-10-14(11-13-15)20(28)24-25-21(29)19-17-8-4-5-9-18(17)22(30)27(26-19)16-6-2-1-3-7-16/h1-13H,(H,24,28)(H,25,29). The molecule has 0 fully saturated rings. The van der Waals surface area contributed by atoms with Gasteiger partial charge in [-0.2, -0.15) is 9.78 Å². The summed E-state index contributed by atoms with van der Waals surface area (Å²) in [6.45, 7) is 0. The fourth-order valence-electron chi connectivity index (χ4n) is 2.95. The molecule has 1 heterocycles. The van der Waals surface area contributed by atoms with Gasteiger partial charge in [-0.05, 0) is 42.5 Å². The first kappa shape index (κ1) is 19.4. The Bertz CT molecular complexity index is 1300. The van der Waals surface area contributed by atoms with E-state index in [1.54, 1.807) is 60.7 Å². The largest absolute Gasteiger partial charge is 0.290 e. The number of carbonyl (C=O) groups is 2. The maximum absolute atomic E-state index is 12.9. The van der Waals surface area contributed by atoms with Gasteiger partial charge in [0, 0.05) is 16.0 Å². The van der Waals surface area contributed by atoms with Crippen molar-refractivity contribution in [1.29, 1.82) is 0 Å². The van der Waals surface area contributed by atoms with Crippen LogP contribution in [0, 0.1) is 0 Å². The van der Waals surface area contributed by atoms with Crippen LogP contribution in [-0.4, -0.2) is 21.6 Å². The number of nitrogens with one attached hydrogen (secondary N) is 2. The van der Waals surface area contributed by atoms with Crippen LogP contribution >= 0.6 is 11.6 Å². The minimum absolute atomic E-state index is 0.00505. The van der Waals surface area contributed by atoms with Crippen LogP contribution in [0.5, 0.6) is 0 Å². The predicted molar refractivity (Wildman–Crippen MR) is 114 cm³/mol. The number of hydrogen-bond donors (Lipinski definition) is 2. The molecule has 0 aliphatic carbocycles. The Morgan fingerprint density at radius 3 is 2.07 bits per heavy atom. The fraction of sp³-hybridized carbons (Fsp3) is 0. The average molecular weight is 419 g/mol.